The zero-order valence-corrected chi connectivity index (χ0v) is 16.7. The zero-order valence-electron chi connectivity index (χ0n) is 16.7. The third-order valence-electron chi connectivity index (χ3n) is 5.44. The number of nitrogens with zero attached hydrogens (tertiary/aromatic N) is 2. The molecular weight excluding hydrogens is 389 g/mol. The molecular formula is C20H25F3N2O4. The second-order valence-corrected chi connectivity index (χ2v) is 7.86. The van der Waals surface area contributed by atoms with Gasteiger partial charge in [-0.15, -0.1) is 0 Å². The van der Waals surface area contributed by atoms with Gasteiger partial charge in [-0.05, 0) is 31.2 Å². The highest BCUT2D eigenvalue weighted by Gasteiger charge is 2.40. The number of amides is 2. The lowest BCUT2D eigenvalue weighted by atomic mass is 9.97. The molecule has 1 aromatic carbocycles. The quantitative estimate of drug-likeness (QED) is 0.691. The molecule has 1 atom stereocenters. The molecule has 2 aliphatic heterocycles. The van der Waals surface area contributed by atoms with Crippen molar-refractivity contribution in [2.75, 3.05) is 26.8 Å². The molecule has 6 nitrogen and oxygen atoms in total. The minimum absolute atomic E-state index is 0.00246. The van der Waals surface area contributed by atoms with Crippen molar-refractivity contribution >= 4 is 12.0 Å². The number of halogens is 3. The largest absolute Gasteiger partial charge is 0.491 e. The molecule has 0 aromatic heterocycles. The number of piperidine rings is 1. The number of rotatable bonds is 5. The van der Waals surface area contributed by atoms with E-state index in [9.17, 15) is 22.8 Å². The van der Waals surface area contributed by atoms with E-state index in [-0.39, 0.29) is 31.3 Å². The fraction of sp³-hybridized carbons (Fsp3) is 0.600. The summed E-state index contributed by atoms with van der Waals surface area (Å²) in [6.07, 6.45) is 1.47. The summed E-state index contributed by atoms with van der Waals surface area (Å²) in [5, 5.41) is 0. The van der Waals surface area contributed by atoms with Crippen molar-refractivity contribution in [3.63, 3.8) is 0 Å². The van der Waals surface area contributed by atoms with Crippen LogP contribution in [-0.2, 0) is 4.74 Å². The van der Waals surface area contributed by atoms with Gasteiger partial charge in [-0.25, -0.2) is 13.6 Å². The van der Waals surface area contributed by atoms with Crippen molar-refractivity contribution in [1.29, 1.82) is 0 Å². The van der Waals surface area contributed by atoms with Gasteiger partial charge < -0.3 is 14.4 Å². The molecule has 2 amide bonds. The van der Waals surface area contributed by atoms with E-state index in [1.807, 2.05) is 0 Å². The van der Waals surface area contributed by atoms with Crippen LogP contribution >= 0.6 is 0 Å². The number of hydrogen-bond donors (Lipinski definition) is 0. The van der Waals surface area contributed by atoms with E-state index in [0.717, 1.165) is 13.5 Å². The van der Waals surface area contributed by atoms with Crippen LogP contribution in [0.2, 0.25) is 0 Å². The number of ether oxygens (including phenoxy) is 2. The molecule has 0 N–H and O–H groups in total. The predicted octanol–water partition coefficient (Wildman–Crippen LogP) is 3.58. The summed E-state index contributed by atoms with van der Waals surface area (Å²) in [6, 6.07) is 0.475. The molecule has 0 aliphatic carbocycles. The number of cyclic esters (lactones) is 1. The first-order valence-corrected chi connectivity index (χ1v) is 9.70. The van der Waals surface area contributed by atoms with E-state index in [2.05, 4.69) is 18.6 Å². The van der Waals surface area contributed by atoms with Gasteiger partial charge >= 0.3 is 6.09 Å². The van der Waals surface area contributed by atoms with Crippen molar-refractivity contribution in [3.8, 4) is 5.75 Å². The Bertz CT molecular complexity index is 794. The fourth-order valence-electron chi connectivity index (χ4n) is 4.08. The molecule has 2 aliphatic rings. The summed E-state index contributed by atoms with van der Waals surface area (Å²) >= 11 is 0. The standard InChI is InChI=1S/C20H25F3N2O4/c1-11(2)8-13-10-29-20(27)25(13)12-4-6-24(7-5-12)19(26)14-9-15(21)17(23)18(28-3)16(14)22/h9,11-13H,4-8,10H2,1-3H3. The number of carbonyl (C=O) groups is 2. The Hall–Kier alpha value is -2.45. The molecule has 9 heteroatoms. The van der Waals surface area contributed by atoms with Crippen LogP contribution < -0.4 is 4.74 Å². The van der Waals surface area contributed by atoms with E-state index in [1.165, 1.54) is 4.90 Å². The highest BCUT2D eigenvalue weighted by molar-refractivity contribution is 5.95. The molecule has 29 heavy (non-hydrogen) atoms. The molecule has 1 aromatic rings. The van der Waals surface area contributed by atoms with Gasteiger partial charge in [-0.2, -0.15) is 4.39 Å². The summed E-state index contributed by atoms with van der Waals surface area (Å²) in [6.45, 7) is 5.04. The van der Waals surface area contributed by atoms with Gasteiger partial charge in [-0.3, -0.25) is 9.69 Å². The van der Waals surface area contributed by atoms with Crippen molar-refractivity contribution in [3.05, 3.63) is 29.1 Å². The van der Waals surface area contributed by atoms with Gasteiger partial charge in [0.1, 0.15) is 6.61 Å². The molecule has 1 unspecified atom stereocenters. The summed E-state index contributed by atoms with van der Waals surface area (Å²) in [4.78, 5) is 28.0. The molecule has 0 bridgehead atoms. The van der Waals surface area contributed by atoms with Crippen molar-refractivity contribution in [2.24, 2.45) is 5.92 Å². The number of carbonyl (C=O) groups excluding carboxylic acids is 2. The predicted molar refractivity (Wildman–Crippen MR) is 98.2 cm³/mol. The maximum atomic E-state index is 14.4. The van der Waals surface area contributed by atoms with Crippen LogP contribution in [0.3, 0.4) is 0 Å². The number of methoxy groups -OCH3 is 1. The third kappa shape index (κ3) is 4.13. The van der Waals surface area contributed by atoms with E-state index in [1.54, 1.807) is 4.90 Å². The average Bonchev–Trinajstić information content (AvgIpc) is 3.04. The Balaban J connectivity index is 1.70. The van der Waals surface area contributed by atoms with Gasteiger partial charge in [0.25, 0.3) is 5.91 Å². The second-order valence-electron chi connectivity index (χ2n) is 7.86. The molecule has 2 heterocycles. The smallest absolute Gasteiger partial charge is 0.410 e. The maximum Gasteiger partial charge on any atom is 0.410 e. The van der Waals surface area contributed by atoms with Crippen molar-refractivity contribution in [2.45, 2.75) is 45.2 Å². The van der Waals surface area contributed by atoms with Gasteiger partial charge in [0, 0.05) is 19.1 Å². The van der Waals surface area contributed by atoms with Gasteiger partial charge in [0.05, 0.1) is 18.7 Å². The first kappa shape index (κ1) is 21.3. The number of hydrogen-bond acceptors (Lipinski definition) is 4. The topological polar surface area (TPSA) is 59.1 Å². The Morgan fingerprint density at radius 3 is 2.48 bits per heavy atom. The Morgan fingerprint density at radius 2 is 1.90 bits per heavy atom. The highest BCUT2D eigenvalue weighted by Crippen LogP contribution is 2.30. The van der Waals surface area contributed by atoms with Crippen LogP contribution in [0.1, 0.15) is 43.5 Å². The van der Waals surface area contributed by atoms with E-state index >= 15 is 0 Å². The minimum Gasteiger partial charge on any atom is -0.491 e. The Kier molecular flexibility index (Phi) is 6.24. The molecule has 0 spiro atoms. The lowest BCUT2D eigenvalue weighted by molar-refractivity contribution is 0.0624. The lowest BCUT2D eigenvalue weighted by Crippen LogP contribution is -2.50. The highest BCUT2D eigenvalue weighted by atomic mass is 19.2. The number of likely N-dealkylation sites (tertiary alicyclic amines) is 1. The second kappa shape index (κ2) is 8.51. The first-order valence-electron chi connectivity index (χ1n) is 9.70. The zero-order chi connectivity index (χ0) is 21.3. The monoisotopic (exact) mass is 414 g/mol. The van der Waals surface area contributed by atoms with Crippen LogP contribution in [0.5, 0.6) is 5.75 Å². The van der Waals surface area contributed by atoms with Crippen LogP contribution in [0.4, 0.5) is 18.0 Å². The minimum atomic E-state index is -1.47. The lowest BCUT2D eigenvalue weighted by Gasteiger charge is -2.38. The van der Waals surface area contributed by atoms with Gasteiger partial charge in [0.15, 0.2) is 17.4 Å². The normalized spacial score (nSPS) is 20.4. The molecule has 160 valence electrons. The van der Waals surface area contributed by atoms with Crippen LogP contribution in [-0.4, -0.2) is 60.7 Å². The van der Waals surface area contributed by atoms with Gasteiger partial charge in [-0.1, -0.05) is 13.8 Å². The first-order chi connectivity index (χ1) is 13.7. The van der Waals surface area contributed by atoms with E-state index in [0.29, 0.717) is 31.4 Å². The Morgan fingerprint density at radius 1 is 1.24 bits per heavy atom. The fourth-order valence-corrected chi connectivity index (χ4v) is 4.08. The summed E-state index contributed by atoms with van der Waals surface area (Å²) in [7, 11) is 1.00. The van der Waals surface area contributed by atoms with Crippen LogP contribution in [0, 0.1) is 23.4 Å². The molecule has 2 saturated heterocycles. The van der Waals surface area contributed by atoms with Gasteiger partial charge in [0.2, 0.25) is 5.82 Å². The summed E-state index contributed by atoms with van der Waals surface area (Å²) < 4.78 is 51.5. The van der Waals surface area contributed by atoms with E-state index in [4.69, 9.17) is 4.74 Å². The molecule has 0 saturated carbocycles. The molecule has 2 fully saturated rings. The molecule has 3 rings (SSSR count). The van der Waals surface area contributed by atoms with E-state index < -0.39 is 34.7 Å². The molecule has 0 radical (unpaired) electrons. The van der Waals surface area contributed by atoms with Crippen LogP contribution in [0.15, 0.2) is 6.07 Å². The van der Waals surface area contributed by atoms with Crippen molar-refractivity contribution < 1.29 is 32.2 Å². The van der Waals surface area contributed by atoms with Crippen LogP contribution in [0.25, 0.3) is 0 Å². The Labute approximate surface area is 167 Å². The SMILES string of the molecule is COc1c(F)c(F)cc(C(=O)N2CCC(N3C(=O)OCC3CC(C)C)CC2)c1F. The maximum absolute atomic E-state index is 14.4. The third-order valence-corrected chi connectivity index (χ3v) is 5.44. The number of benzene rings is 1. The summed E-state index contributed by atoms with van der Waals surface area (Å²) in [5.41, 5.74) is -0.572. The summed E-state index contributed by atoms with van der Waals surface area (Å²) in [5.74, 6) is -5.29. The average molecular weight is 414 g/mol. The van der Waals surface area contributed by atoms with Crippen molar-refractivity contribution in [1.82, 2.24) is 9.80 Å².